The van der Waals surface area contributed by atoms with E-state index >= 15 is 0 Å². The third-order valence-corrected chi connectivity index (χ3v) is 4.72. The number of hydrogen-bond donors (Lipinski definition) is 1. The van der Waals surface area contributed by atoms with Crippen LogP contribution in [0.5, 0.6) is 0 Å². The quantitative estimate of drug-likeness (QED) is 0.662. The summed E-state index contributed by atoms with van der Waals surface area (Å²) in [5.74, 6) is -0.294. The SMILES string of the molecule is CC(C)OCC(O)CN(Cc1ccccc1)CC1CC(c2ccccc2F)=NO1. The molecule has 1 heterocycles. The van der Waals surface area contributed by atoms with Gasteiger partial charge in [-0.05, 0) is 25.5 Å². The molecule has 0 aliphatic carbocycles. The van der Waals surface area contributed by atoms with Crippen molar-refractivity contribution in [1.29, 1.82) is 0 Å². The van der Waals surface area contributed by atoms with E-state index in [1.165, 1.54) is 6.07 Å². The van der Waals surface area contributed by atoms with Crippen molar-refractivity contribution in [2.75, 3.05) is 19.7 Å². The molecule has 0 saturated heterocycles. The third kappa shape index (κ3) is 6.63. The molecule has 29 heavy (non-hydrogen) atoms. The number of hydrogen-bond acceptors (Lipinski definition) is 5. The highest BCUT2D eigenvalue weighted by Crippen LogP contribution is 2.20. The standard InChI is InChI=1S/C23H29FN2O3/c1-17(2)28-16-19(27)14-26(13-18-8-4-3-5-9-18)15-20-12-23(25-29-20)21-10-6-7-11-22(21)24/h3-11,17,19-20,27H,12-16H2,1-2H3. The zero-order valence-electron chi connectivity index (χ0n) is 17.0. The Balaban J connectivity index is 1.61. The molecule has 0 radical (unpaired) electrons. The van der Waals surface area contributed by atoms with Gasteiger partial charge in [-0.25, -0.2) is 4.39 Å². The van der Waals surface area contributed by atoms with Gasteiger partial charge in [-0.1, -0.05) is 53.7 Å². The van der Waals surface area contributed by atoms with Crippen LogP contribution in [0.4, 0.5) is 4.39 Å². The molecule has 0 aromatic heterocycles. The van der Waals surface area contributed by atoms with E-state index in [-0.39, 0.29) is 24.6 Å². The van der Waals surface area contributed by atoms with Crippen LogP contribution >= 0.6 is 0 Å². The lowest BCUT2D eigenvalue weighted by Crippen LogP contribution is -2.39. The molecular formula is C23H29FN2O3. The molecule has 3 rings (SSSR count). The van der Waals surface area contributed by atoms with Gasteiger partial charge in [0.1, 0.15) is 11.9 Å². The number of halogens is 1. The summed E-state index contributed by atoms with van der Waals surface area (Å²) in [5.41, 5.74) is 2.25. The van der Waals surface area contributed by atoms with E-state index in [1.807, 2.05) is 32.0 Å². The molecule has 5 nitrogen and oxygen atoms in total. The fraction of sp³-hybridized carbons (Fsp3) is 0.435. The van der Waals surface area contributed by atoms with E-state index in [0.29, 0.717) is 37.3 Å². The predicted molar refractivity (Wildman–Crippen MR) is 111 cm³/mol. The highest BCUT2D eigenvalue weighted by Gasteiger charge is 2.27. The second-order valence-electron chi connectivity index (χ2n) is 7.66. The van der Waals surface area contributed by atoms with Crippen molar-refractivity contribution in [3.8, 4) is 0 Å². The maximum Gasteiger partial charge on any atom is 0.145 e. The molecule has 1 aliphatic rings. The minimum Gasteiger partial charge on any atom is -0.390 e. The summed E-state index contributed by atoms with van der Waals surface area (Å²) < 4.78 is 19.6. The Morgan fingerprint density at radius 3 is 2.62 bits per heavy atom. The molecule has 156 valence electrons. The Kier molecular flexibility index (Phi) is 7.75. The van der Waals surface area contributed by atoms with Crippen molar-refractivity contribution in [1.82, 2.24) is 4.90 Å². The van der Waals surface area contributed by atoms with Gasteiger partial charge >= 0.3 is 0 Å². The highest BCUT2D eigenvalue weighted by atomic mass is 19.1. The molecule has 0 fully saturated rings. The van der Waals surface area contributed by atoms with Gasteiger partial charge in [0.2, 0.25) is 0 Å². The number of ether oxygens (including phenoxy) is 1. The number of benzene rings is 2. The average molecular weight is 400 g/mol. The summed E-state index contributed by atoms with van der Waals surface area (Å²) >= 11 is 0. The van der Waals surface area contributed by atoms with E-state index in [9.17, 15) is 9.50 Å². The molecule has 2 unspecified atom stereocenters. The smallest absolute Gasteiger partial charge is 0.145 e. The van der Waals surface area contributed by atoms with Crippen molar-refractivity contribution in [3.63, 3.8) is 0 Å². The van der Waals surface area contributed by atoms with Crippen LogP contribution in [0, 0.1) is 5.82 Å². The summed E-state index contributed by atoms with van der Waals surface area (Å²) in [7, 11) is 0. The van der Waals surface area contributed by atoms with Crippen LogP contribution in [0.25, 0.3) is 0 Å². The van der Waals surface area contributed by atoms with Gasteiger partial charge in [-0.3, -0.25) is 4.90 Å². The molecule has 0 amide bonds. The summed E-state index contributed by atoms with van der Waals surface area (Å²) in [4.78, 5) is 7.72. The van der Waals surface area contributed by atoms with Crippen molar-refractivity contribution < 1.29 is 19.1 Å². The van der Waals surface area contributed by atoms with Gasteiger partial charge in [0.05, 0.1) is 24.5 Å². The van der Waals surface area contributed by atoms with Gasteiger partial charge in [-0.2, -0.15) is 0 Å². The molecule has 2 atom stereocenters. The van der Waals surface area contributed by atoms with E-state index in [0.717, 1.165) is 5.56 Å². The van der Waals surface area contributed by atoms with E-state index < -0.39 is 6.10 Å². The van der Waals surface area contributed by atoms with Crippen LogP contribution in [-0.4, -0.2) is 53.7 Å². The lowest BCUT2D eigenvalue weighted by Gasteiger charge is -2.27. The van der Waals surface area contributed by atoms with Gasteiger partial charge in [0.15, 0.2) is 0 Å². The Bertz CT molecular complexity index is 798. The first-order valence-electron chi connectivity index (χ1n) is 10.0. The summed E-state index contributed by atoms with van der Waals surface area (Å²) in [6.07, 6.45) is -0.187. The second-order valence-corrected chi connectivity index (χ2v) is 7.66. The van der Waals surface area contributed by atoms with Crippen LogP contribution in [0.15, 0.2) is 59.8 Å². The fourth-order valence-corrected chi connectivity index (χ4v) is 3.37. The Morgan fingerprint density at radius 1 is 1.17 bits per heavy atom. The first-order chi connectivity index (χ1) is 14.0. The highest BCUT2D eigenvalue weighted by molar-refractivity contribution is 6.01. The van der Waals surface area contributed by atoms with Crippen LogP contribution < -0.4 is 0 Å². The minimum atomic E-state index is -0.602. The van der Waals surface area contributed by atoms with Crippen LogP contribution in [0.2, 0.25) is 0 Å². The number of oxime groups is 1. The Labute approximate surface area is 171 Å². The molecule has 0 bridgehead atoms. The summed E-state index contributed by atoms with van der Waals surface area (Å²) in [6, 6.07) is 16.7. The molecule has 1 aliphatic heterocycles. The number of nitrogens with zero attached hydrogens (tertiary/aromatic N) is 2. The van der Waals surface area contributed by atoms with Crippen molar-refractivity contribution in [2.45, 2.75) is 45.1 Å². The fourth-order valence-electron chi connectivity index (χ4n) is 3.37. The summed E-state index contributed by atoms with van der Waals surface area (Å²) in [5, 5.41) is 14.5. The van der Waals surface area contributed by atoms with Gasteiger partial charge < -0.3 is 14.7 Å². The zero-order valence-corrected chi connectivity index (χ0v) is 17.0. The van der Waals surface area contributed by atoms with Crippen molar-refractivity contribution in [3.05, 3.63) is 71.5 Å². The van der Waals surface area contributed by atoms with Gasteiger partial charge in [0.25, 0.3) is 0 Å². The van der Waals surface area contributed by atoms with E-state index in [4.69, 9.17) is 9.57 Å². The lowest BCUT2D eigenvalue weighted by atomic mass is 10.0. The Hall–Kier alpha value is -2.28. The molecule has 1 N–H and O–H groups in total. The predicted octanol–water partition coefficient (Wildman–Crippen LogP) is 3.61. The molecule has 6 heteroatoms. The maximum absolute atomic E-state index is 14.0. The molecule has 0 spiro atoms. The van der Waals surface area contributed by atoms with Crippen LogP contribution in [0.3, 0.4) is 0 Å². The van der Waals surface area contributed by atoms with Gasteiger partial charge in [0, 0.05) is 31.6 Å². The average Bonchev–Trinajstić information content (AvgIpc) is 3.15. The second kappa shape index (κ2) is 10.5. The van der Waals surface area contributed by atoms with Crippen molar-refractivity contribution >= 4 is 5.71 Å². The normalized spacial score (nSPS) is 17.4. The third-order valence-electron chi connectivity index (χ3n) is 4.72. The van der Waals surface area contributed by atoms with Crippen LogP contribution in [-0.2, 0) is 16.1 Å². The number of rotatable bonds is 10. The first kappa shape index (κ1) is 21.4. The maximum atomic E-state index is 14.0. The topological polar surface area (TPSA) is 54.3 Å². The number of aliphatic hydroxyl groups excluding tert-OH is 1. The first-order valence-corrected chi connectivity index (χ1v) is 10.0. The molecule has 2 aromatic rings. The zero-order chi connectivity index (χ0) is 20.6. The van der Waals surface area contributed by atoms with Crippen LogP contribution in [0.1, 0.15) is 31.4 Å². The molecular weight excluding hydrogens is 371 g/mol. The monoisotopic (exact) mass is 400 g/mol. The Morgan fingerprint density at radius 2 is 1.90 bits per heavy atom. The van der Waals surface area contributed by atoms with Crippen molar-refractivity contribution in [2.24, 2.45) is 5.16 Å². The summed E-state index contributed by atoms with van der Waals surface area (Å²) in [6.45, 7) is 5.89. The van der Waals surface area contributed by atoms with Gasteiger partial charge in [-0.15, -0.1) is 0 Å². The lowest BCUT2D eigenvalue weighted by molar-refractivity contribution is -0.0194. The molecule has 2 aromatic carbocycles. The largest absolute Gasteiger partial charge is 0.390 e. The minimum absolute atomic E-state index is 0.0714. The number of aliphatic hydroxyl groups is 1. The molecule has 0 saturated carbocycles. The van der Waals surface area contributed by atoms with E-state index in [2.05, 4.69) is 22.2 Å². The van der Waals surface area contributed by atoms with E-state index in [1.54, 1.807) is 18.2 Å².